The summed E-state index contributed by atoms with van der Waals surface area (Å²) in [6.07, 6.45) is -3.39. The topological polar surface area (TPSA) is 120 Å². The number of benzene rings is 3. The van der Waals surface area contributed by atoms with Crippen LogP contribution in [0, 0.1) is 6.92 Å². The molecule has 1 unspecified atom stereocenters. The van der Waals surface area contributed by atoms with Gasteiger partial charge < -0.3 is 24.8 Å². The number of ether oxygens (including phenoxy) is 3. The number of hydrogen-bond donors (Lipinski definition) is 2. The number of rotatable bonds is 10. The lowest BCUT2D eigenvalue weighted by molar-refractivity contribution is -0.274. The van der Waals surface area contributed by atoms with Gasteiger partial charge in [-0.15, -0.1) is 30.0 Å². The zero-order valence-corrected chi connectivity index (χ0v) is 25.4. The molecule has 1 atom stereocenters. The smallest absolute Gasteiger partial charge is 0.485 e. The molecular formula is C29H26ClF3N6O5S. The summed E-state index contributed by atoms with van der Waals surface area (Å²) in [5.74, 6) is 0.396. The van der Waals surface area contributed by atoms with Crippen molar-refractivity contribution in [3.63, 3.8) is 0 Å². The van der Waals surface area contributed by atoms with Crippen molar-refractivity contribution in [2.45, 2.75) is 32.0 Å². The summed E-state index contributed by atoms with van der Waals surface area (Å²) in [5, 5.41) is 9.99. The number of nitrogens with zero attached hydrogens (tertiary/aromatic N) is 4. The zero-order valence-electron chi connectivity index (χ0n) is 23.8. The van der Waals surface area contributed by atoms with Gasteiger partial charge in [0, 0.05) is 18.7 Å². The van der Waals surface area contributed by atoms with Crippen LogP contribution in [0.5, 0.6) is 11.5 Å². The van der Waals surface area contributed by atoms with Gasteiger partial charge in [0.25, 0.3) is 0 Å². The average Bonchev–Trinajstić information content (AvgIpc) is 3.60. The van der Waals surface area contributed by atoms with Crippen molar-refractivity contribution in [3.05, 3.63) is 89.0 Å². The van der Waals surface area contributed by atoms with Gasteiger partial charge in [0.05, 0.1) is 34.4 Å². The van der Waals surface area contributed by atoms with Crippen LogP contribution in [0.1, 0.15) is 17.0 Å². The van der Waals surface area contributed by atoms with E-state index in [4.69, 9.17) is 21.1 Å². The molecule has 16 heteroatoms. The summed E-state index contributed by atoms with van der Waals surface area (Å²) in [5.41, 5.74) is 2.60. The van der Waals surface area contributed by atoms with Crippen LogP contribution in [0.15, 0.2) is 67.0 Å². The minimum atomic E-state index is -4.78. The molecule has 0 aliphatic carbocycles. The van der Waals surface area contributed by atoms with Gasteiger partial charge in [-0.25, -0.2) is 14.5 Å². The Morgan fingerprint density at radius 1 is 1.09 bits per heavy atom. The van der Waals surface area contributed by atoms with Crippen LogP contribution in [-0.2, 0) is 22.7 Å². The molecule has 1 aliphatic rings. The fourth-order valence-electron chi connectivity index (χ4n) is 4.36. The normalized spacial score (nSPS) is 14.8. The maximum atomic E-state index is 12.9. The van der Waals surface area contributed by atoms with Crippen LogP contribution in [0.25, 0.3) is 5.69 Å². The van der Waals surface area contributed by atoms with E-state index in [1.807, 2.05) is 25.1 Å². The number of methoxy groups -OCH3 is 1. The van der Waals surface area contributed by atoms with E-state index in [0.29, 0.717) is 35.2 Å². The van der Waals surface area contributed by atoms with Crippen molar-refractivity contribution in [3.8, 4) is 17.2 Å². The third-order valence-electron chi connectivity index (χ3n) is 6.35. The van der Waals surface area contributed by atoms with E-state index in [1.165, 1.54) is 53.1 Å². The van der Waals surface area contributed by atoms with Crippen LogP contribution in [0.3, 0.4) is 0 Å². The number of carbonyl (C=O) groups is 2. The first-order chi connectivity index (χ1) is 21.5. The van der Waals surface area contributed by atoms with E-state index < -0.39 is 17.9 Å². The zero-order chi connectivity index (χ0) is 32.1. The molecule has 3 aromatic carbocycles. The summed E-state index contributed by atoms with van der Waals surface area (Å²) >= 11 is 7.70. The number of carbonyl (C=O) groups excluding carboxylic acids is 2. The SMILES string of the molecule is COCc1ccc(C)cc1N1C(=O)CSC1NC(=O)Nc1ccc(OCc2ncn(-c3ccc(OC(F)(F)F)cc3)n2)cc1Cl. The second kappa shape index (κ2) is 13.7. The van der Waals surface area contributed by atoms with Crippen LogP contribution >= 0.6 is 23.4 Å². The number of aromatic nitrogens is 3. The monoisotopic (exact) mass is 662 g/mol. The molecule has 11 nitrogen and oxygen atoms in total. The number of anilines is 2. The molecule has 0 spiro atoms. The van der Waals surface area contributed by atoms with Gasteiger partial charge in [-0.1, -0.05) is 23.7 Å². The molecule has 0 saturated carbocycles. The number of halogens is 4. The van der Waals surface area contributed by atoms with Crippen molar-refractivity contribution < 1.29 is 37.0 Å². The van der Waals surface area contributed by atoms with Gasteiger partial charge in [0.1, 0.15) is 24.4 Å². The quantitative estimate of drug-likeness (QED) is 0.211. The van der Waals surface area contributed by atoms with Crippen molar-refractivity contribution in [2.24, 2.45) is 0 Å². The van der Waals surface area contributed by atoms with E-state index in [0.717, 1.165) is 11.1 Å². The van der Waals surface area contributed by atoms with Gasteiger partial charge in [-0.2, -0.15) is 0 Å². The number of hydrogen-bond acceptors (Lipinski definition) is 8. The summed E-state index contributed by atoms with van der Waals surface area (Å²) in [4.78, 5) is 31.4. The Kier molecular flexibility index (Phi) is 9.70. The lowest BCUT2D eigenvalue weighted by atomic mass is 10.1. The molecular weight excluding hydrogens is 637 g/mol. The van der Waals surface area contributed by atoms with Crippen LogP contribution in [0.4, 0.5) is 29.3 Å². The Morgan fingerprint density at radius 2 is 1.84 bits per heavy atom. The number of thioether (sulfide) groups is 1. The number of amides is 3. The molecule has 1 saturated heterocycles. The third-order valence-corrected chi connectivity index (χ3v) is 7.72. The molecule has 4 aromatic rings. The molecule has 0 radical (unpaired) electrons. The molecule has 1 aromatic heterocycles. The van der Waals surface area contributed by atoms with Gasteiger partial charge in [0.15, 0.2) is 11.3 Å². The van der Waals surface area contributed by atoms with E-state index in [1.54, 1.807) is 24.1 Å². The summed E-state index contributed by atoms with van der Waals surface area (Å²) in [6.45, 7) is 2.20. The molecule has 0 bridgehead atoms. The van der Waals surface area contributed by atoms with Crippen LogP contribution in [0.2, 0.25) is 5.02 Å². The summed E-state index contributed by atoms with van der Waals surface area (Å²) in [7, 11) is 1.57. The van der Waals surface area contributed by atoms with Gasteiger partial charge in [-0.3, -0.25) is 9.69 Å². The Hall–Kier alpha value is -4.47. The predicted octanol–water partition coefficient (Wildman–Crippen LogP) is 6.04. The highest BCUT2D eigenvalue weighted by atomic mass is 35.5. The Bertz CT molecular complexity index is 1690. The molecule has 45 heavy (non-hydrogen) atoms. The second-order valence-corrected chi connectivity index (χ2v) is 11.1. The van der Waals surface area contributed by atoms with Crippen molar-refractivity contribution in [1.82, 2.24) is 20.1 Å². The van der Waals surface area contributed by atoms with E-state index >= 15 is 0 Å². The molecule has 2 heterocycles. The minimum absolute atomic E-state index is 0.0291. The van der Waals surface area contributed by atoms with Crippen LogP contribution < -0.4 is 25.0 Å². The highest BCUT2D eigenvalue weighted by Gasteiger charge is 2.35. The van der Waals surface area contributed by atoms with Crippen molar-refractivity contribution >= 4 is 46.7 Å². The van der Waals surface area contributed by atoms with Crippen molar-refractivity contribution in [2.75, 3.05) is 23.1 Å². The van der Waals surface area contributed by atoms with Gasteiger partial charge >= 0.3 is 12.4 Å². The average molecular weight is 663 g/mol. The molecule has 3 amide bonds. The Labute approximate surface area is 264 Å². The standard InChI is InChI=1S/C29H26ClF3N6O5S/c1-17-3-4-18(13-42-2)24(11-17)39-26(40)15-45-28(39)36-27(41)35-23-10-9-21(12-22(23)30)43-14-25-34-16-38(37-25)19-5-7-20(8-6-19)44-29(31,32)33/h3-12,16,28H,13-15H2,1-2H3,(H2,35,36,41). The first kappa shape index (κ1) is 31.9. The van der Waals surface area contributed by atoms with E-state index in [-0.39, 0.29) is 29.0 Å². The van der Waals surface area contributed by atoms with Gasteiger partial charge in [-0.05, 0) is 55.0 Å². The third kappa shape index (κ3) is 8.17. The van der Waals surface area contributed by atoms with E-state index in [2.05, 4.69) is 25.5 Å². The number of aryl methyl sites for hydroxylation is 1. The summed E-state index contributed by atoms with van der Waals surface area (Å²) < 4.78 is 53.4. The van der Waals surface area contributed by atoms with Crippen LogP contribution in [-0.4, -0.2) is 51.4 Å². The predicted molar refractivity (Wildman–Crippen MR) is 162 cm³/mol. The number of nitrogens with one attached hydrogen (secondary N) is 2. The Balaban J connectivity index is 1.17. The lowest BCUT2D eigenvalue weighted by Gasteiger charge is -2.27. The molecule has 1 fully saturated rings. The highest BCUT2D eigenvalue weighted by molar-refractivity contribution is 8.01. The lowest BCUT2D eigenvalue weighted by Crippen LogP contribution is -2.46. The molecule has 1 aliphatic heterocycles. The number of urea groups is 1. The maximum Gasteiger partial charge on any atom is 0.573 e. The first-order valence-corrected chi connectivity index (χ1v) is 14.7. The fourth-order valence-corrected chi connectivity index (χ4v) is 5.59. The molecule has 236 valence electrons. The summed E-state index contributed by atoms with van der Waals surface area (Å²) in [6, 6.07) is 15.0. The highest BCUT2D eigenvalue weighted by Crippen LogP contribution is 2.33. The first-order valence-electron chi connectivity index (χ1n) is 13.3. The number of alkyl halides is 3. The maximum absolute atomic E-state index is 12.9. The second-order valence-electron chi connectivity index (χ2n) is 9.67. The molecule has 5 rings (SSSR count). The Morgan fingerprint density at radius 3 is 2.56 bits per heavy atom. The largest absolute Gasteiger partial charge is 0.573 e. The fraction of sp³-hybridized carbons (Fsp3) is 0.241. The molecule has 2 N–H and O–H groups in total. The van der Waals surface area contributed by atoms with Crippen molar-refractivity contribution in [1.29, 1.82) is 0 Å². The van der Waals surface area contributed by atoms with Gasteiger partial charge in [0.2, 0.25) is 5.91 Å². The van der Waals surface area contributed by atoms with E-state index in [9.17, 15) is 22.8 Å². The minimum Gasteiger partial charge on any atom is -0.485 e.